The molecular weight excluding hydrogens is 312 g/mol. The van der Waals surface area contributed by atoms with E-state index in [1.54, 1.807) is 6.92 Å². The fourth-order valence-electron chi connectivity index (χ4n) is 2.57. The lowest BCUT2D eigenvalue weighted by molar-refractivity contribution is -0.137. The van der Waals surface area contributed by atoms with Crippen molar-refractivity contribution in [1.82, 2.24) is 0 Å². The normalized spacial score (nSPS) is 12.2. The van der Waals surface area contributed by atoms with Crippen LogP contribution >= 0.6 is 0 Å². The fraction of sp³-hybridized carbons (Fsp3) is 0.500. The number of carboxylic acid groups (broad SMARTS) is 1. The van der Waals surface area contributed by atoms with E-state index in [4.69, 9.17) is 9.22 Å². The number of rotatable bonds is 8. The van der Waals surface area contributed by atoms with E-state index in [1.807, 2.05) is 24.3 Å². The van der Waals surface area contributed by atoms with Crippen molar-refractivity contribution in [3.05, 3.63) is 29.8 Å². The highest BCUT2D eigenvalue weighted by molar-refractivity contribution is 6.92. The molecule has 0 saturated carbocycles. The van der Waals surface area contributed by atoms with E-state index in [0.717, 1.165) is 11.2 Å². The highest BCUT2D eigenvalue weighted by Gasteiger charge is 2.34. The average Bonchev–Trinajstić information content (AvgIpc) is 2.36. The van der Waals surface area contributed by atoms with Crippen molar-refractivity contribution < 1.29 is 18.8 Å². The molecule has 1 aromatic rings. The van der Waals surface area contributed by atoms with Crippen molar-refractivity contribution in [3.8, 4) is 0 Å². The molecule has 1 N–H and O–H groups in total. The molecule has 0 spiro atoms. The topological polar surface area (TPSA) is 63.6 Å². The van der Waals surface area contributed by atoms with Crippen LogP contribution in [-0.2, 0) is 8.91 Å². The Bertz CT molecular complexity index is 536. The largest absolute Gasteiger partial charge is 0.481 e. The molecule has 1 aromatic carbocycles. The number of hydrogen-bond donors (Lipinski definition) is 1. The summed E-state index contributed by atoms with van der Waals surface area (Å²) in [5.74, 6) is -0.684. The molecule has 22 heavy (non-hydrogen) atoms. The first-order valence-corrected chi connectivity index (χ1v) is 13.6. The smallest absolute Gasteiger partial charge is 0.303 e. The summed E-state index contributed by atoms with van der Waals surface area (Å²) in [6.45, 7) is 10.2. The molecule has 122 valence electrons. The lowest BCUT2D eigenvalue weighted by Gasteiger charge is -2.34. The molecule has 0 aliphatic carbocycles. The summed E-state index contributed by atoms with van der Waals surface area (Å²) < 4.78 is 6.49. The van der Waals surface area contributed by atoms with Crippen LogP contribution in [0.4, 0.5) is 0 Å². The van der Waals surface area contributed by atoms with Gasteiger partial charge in [-0.1, -0.05) is 24.3 Å². The van der Waals surface area contributed by atoms with Crippen molar-refractivity contribution in [3.63, 3.8) is 0 Å². The van der Waals surface area contributed by atoms with Gasteiger partial charge in [0.05, 0.1) is 0 Å². The van der Waals surface area contributed by atoms with E-state index < -0.39 is 22.6 Å². The predicted octanol–water partition coefficient (Wildman–Crippen LogP) is 3.39. The third kappa shape index (κ3) is 5.86. The van der Waals surface area contributed by atoms with Gasteiger partial charge in [0.1, 0.15) is 0 Å². The van der Waals surface area contributed by atoms with Crippen molar-refractivity contribution in [2.75, 3.05) is 0 Å². The second kappa shape index (κ2) is 7.35. The quantitative estimate of drug-likeness (QED) is 0.583. The summed E-state index contributed by atoms with van der Waals surface area (Å²) in [5, 5.41) is 9.91. The molecule has 0 unspecified atom stereocenters. The van der Waals surface area contributed by atoms with E-state index in [1.165, 1.54) is 0 Å². The Balaban J connectivity index is 2.76. The van der Waals surface area contributed by atoms with Gasteiger partial charge >= 0.3 is 5.97 Å². The number of hydrogen-bond acceptors (Lipinski definition) is 3. The minimum atomic E-state index is -2.05. The van der Waals surface area contributed by atoms with Gasteiger partial charge in [-0.25, -0.2) is 0 Å². The number of carboxylic acids is 1. The van der Waals surface area contributed by atoms with Crippen molar-refractivity contribution >= 4 is 33.6 Å². The van der Waals surface area contributed by atoms with Gasteiger partial charge < -0.3 is 9.22 Å². The van der Waals surface area contributed by atoms with Gasteiger partial charge in [-0.05, 0) is 50.8 Å². The summed E-state index contributed by atoms with van der Waals surface area (Å²) >= 11 is 0. The molecule has 0 radical (unpaired) electrons. The van der Waals surface area contributed by atoms with Crippen LogP contribution < -0.4 is 5.19 Å². The van der Waals surface area contributed by atoms with Gasteiger partial charge in [-0.3, -0.25) is 9.59 Å². The van der Waals surface area contributed by atoms with E-state index in [2.05, 4.69) is 26.2 Å². The first-order chi connectivity index (χ1) is 10.0. The average molecular weight is 339 g/mol. The number of ketones is 1. The van der Waals surface area contributed by atoms with Crippen LogP contribution in [0.2, 0.25) is 32.2 Å². The van der Waals surface area contributed by atoms with Crippen LogP contribution in [0.15, 0.2) is 24.3 Å². The second-order valence-electron chi connectivity index (χ2n) is 6.75. The lowest BCUT2D eigenvalue weighted by atomic mass is 10.2. The van der Waals surface area contributed by atoms with Crippen molar-refractivity contribution in [2.24, 2.45) is 0 Å². The van der Waals surface area contributed by atoms with E-state index in [9.17, 15) is 9.59 Å². The molecule has 0 fully saturated rings. The SMILES string of the molecule is CC(=O)c1ccc([Si](C)(C)O[Si](C)(C)CCCC(=O)O)cc1. The lowest BCUT2D eigenvalue weighted by Crippen LogP contribution is -2.52. The third-order valence-corrected chi connectivity index (χ3v) is 11.2. The van der Waals surface area contributed by atoms with Crippen LogP contribution in [-0.4, -0.2) is 33.5 Å². The van der Waals surface area contributed by atoms with E-state index >= 15 is 0 Å². The van der Waals surface area contributed by atoms with Gasteiger partial charge in [0.2, 0.25) is 8.32 Å². The fourth-order valence-corrected chi connectivity index (χ4v) is 11.0. The van der Waals surface area contributed by atoms with Crippen LogP contribution in [0, 0.1) is 0 Å². The Morgan fingerprint density at radius 2 is 1.64 bits per heavy atom. The molecule has 4 nitrogen and oxygen atoms in total. The second-order valence-corrected chi connectivity index (χ2v) is 15.2. The van der Waals surface area contributed by atoms with Crippen molar-refractivity contribution in [1.29, 1.82) is 0 Å². The van der Waals surface area contributed by atoms with Crippen LogP contribution in [0.1, 0.15) is 30.1 Å². The molecule has 0 atom stereocenters. The van der Waals surface area contributed by atoms with E-state index in [0.29, 0.717) is 12.0 Å². The zero-order chi connectivity index (χ0) is 17.0. The van der Waals surface area contributed by atoms with Crippen molar-refractivity contribution in [2.45, 2.75) is 52.0 Å². The maximum absolute atomic E-state index is 11.3. The maximum atomic E-state index is 11.3. The predicted molar refractivity (Wildman–Crippen MR) is 93.8 cm³/mol. The summed E-state index contributed by atoms with van der Waals surface area (Å²) in [6.07, 6.45) is 0.872. The Kier molecular flexibility index (Phi) is 6.28. The Hall–Kier alpha value is -1.25. The molecule has 0 saturated heterocycles. The first-order valence-electron chi connectivity index (χ1n) is 7.57. The highest BCUT2D eigenvalue weighted by Crippen LogP contribution is 2.21. The summed E-state index contributed by atoms with van der Waals surface area (Å²) in [5.41, 5.74) is 0.714. The van der Waals surface area contributed by atoms with Crippen LogP contribution in [0.3, 0.4) is 0 Å². The van der Waals surface area contributed by atoms with Crippen LogP contribution in [0.5, 0.6) is 0 Å². The number of aliphatic carboxylic acids is 1. The minimum Gasteiger partial charge on any atom is -0.481 e. The van der Waals surface area contributed by atoms with Gasteiger partial charge in [-0.15, -0.1) is 0 Å². The summed E-state index contributed by atoms with van der Waals surface area (Å²) in [4.78, 5) is 22.0. The summed E-state index contributed by atoms with van der Waals surface area (Å²) in [6, 6.07) is 8.54. The standard InChI is InChI=1S/C16H26O4Si2/c1-13(17)14-8-10-15(11-9-14)22(4,5)20-21(2,3)12-6-7-16(18)19/h8-11H,6-7,12H2,1-5H3,(H,18,19). The molecular formula is C16H26O4Si2. The first kappa shape index (κ1) is 18.8. The maximum Gasteiger partial charge on any atom is 0.303 e. The molecule has 0 aliphatic heterocycles. The molecule has 0 aliphatic rings. The number of Topliss-reactive ketones (excluding diaryl/α,β-unsaturated/α-hetero) is 1. The van der Waals surface area contributed by atoms with Gasteiger partial charge in [0.15, 0.2) is 14.1 Å². The highest BCUT2D eigenvalue weighted by atomic mass is 28.4. The molecule has 0 amide bonds. The minimum absolute atomic E-state index is 0.0651. The Morgan fingerprint density at radius 3 is 2.09 bits per heavy atom. The zero-order valence-corrected chi connectivity index (χ0v) is 16.1. The van der Waals surface area contributed by atoms with E-state index in [-0.39, 0.29) is 12.2 Å². The van der Waals surface area contributed by atoms with Gasteiger partial charge in [0.25, 0.3) is 0 Å². The molecule has 1 rings (SSSR count). The van der Waals surface area contributed by atoms with Gasteiger partial charge in [0, 0.05) is 12.0 Å². The van der Waals surface area contributed by atoms with Gasteiger partial charge in [-0.2, -0.15) is 0 Å². The summed E-state index contributed by atoms with van der Waals surface area (Å²) in [7, 11) is -3.94. The third-order valence-electron chi connectivity index (χ3n) is 3.69. The number of carbonyl (C=O) groups excluding carboxylic acids is 1. The molecule has 0 heterocycles. The molecule has 6 heteroatoms. The monoisotopic (exact) mass is 338 g/mol. The molecule has 0 bridgehead atoms. The Morgan fingerprint density at radius 1 is 1.09 bits per heavy atom. The Labute approximate surface area is 134 Å². The molecule has 0 aromatic heterocycles. The number of carbonyl (C=O) groups is 2. The number of benzene rings is 1. The zero-order valence-electron chi connectivity index (χ0n) is 14.1. The van der Waals surface area contributed by atoms with Crippen LogP contribution in [0.25, 0.3) is 0 Å².